The van der Waals surface area contributed by atoms with Crippen molar-refractivity contribution in [2.24, 2.45) is 7.05 Å². The number of ether oxygens (including phenoxy) is 1. The Morgan fingerprint density at radius 2 is 2.05 bits per heavy atom. The molecule has 0 saturated heterocycles. The molecule has 4 heteroatoms. The maximum absolute atomic E-state index is 14.0. The van der Waals surface area contributed by atoms with Crippen LogP contribution < -0.4 is 4.74 Å². The Kier molecular flexibility index (Phi) is 2.93. The summed E-state index contributed by atoms with van der Waals surface area (Å²) in [5.41, 5.74) is 3.69. The molecule has 0 N–H and O–H groups in total. The molecule has 1 aliphatic heterocycles. The van der Waals surface area contributed by atoms with Gasteiger partial charge in [-0.15, -0.1) is 0 Å². The highest BCUT2D eigenvalue weighted by molar-refractivity contribution is 5.84. The van der Waals surface area contributed by atoms with Crippen molar-refractivity contribution in [2.75, 3.05) is 0 Å². The van der Waals surface area contributed by atoms with Gasteiger partial charge in [0.2, 0.25) is 0 Å². The summed E-state index contributed by atoms with van der Waals surface area (Å²) in [5.74, 6) is 1.54. The zero-order valence-electron chi connectivity index (χ0n) is 12.6. The summed E-state index contributed by atoms with van der Waals surface area (Å²) in [6.45, 7) is 1.98. The van der Waals surface area contributed by atoms with Gasteiger partial charge in [-0.1, -0.05) is 24.3 Å². The van der Waals surface area contributed by atoms with Crippen LogP contribution in [-0.4, -0.2) is 9.55 Å². The van der Waals surface area contributed by atoms with Gasteiger partial charge in [-0.2, -0.15) is 0 Å². The molecule has 2 heterocycles. The second kappa shape index (κ2) is 4.83. The SMILES string of the molecule is Cc1nc2c3c(ccc2n1C)CC[C@@H](c1ccccc1F)O3. The Balaban J connectivity index is 1.82. The van der Waals surface area contributed by atoms with Crippen LogP contribution in [0.2, 0.25) is 0 Å². The molecule has 0 aliphatic carbocycles. The van der Waals surface area contributed by atoms with Crippen molar-refractivity contribution in [1.82, 2.24) is 9.55 Å². The minimum Gasteiger partial charge on any atom is -0.483 e. The van der Waals surface area contributed by atoms with Gasteiger partial charge in [0.15, 0.2) is 5.75 Å². The molecule has 1 aliphatic rings. The molecule has 1 atom stereocenters. The first-order chi connectivity index (χ1) is 10.6. The van der Waals surface area contributed by atoms with Crippen LogP contribution >= 0.6 is 0 Å². The van der Waals surface area contributed by atoms with Crippen molar-refractivity contribution in [2.45, 2.75) is 25.9 Å². The standard InChI is InChI=1S/C18H17FN2O/c1-11-20-17-15(21(11)2)9-7-12-8-10-16(22-18(12)17)13-5-3-4-6-14(13)19/h3-7,9,16H,8,10H2,1-2H3/t16-/m0/s1. The first-order valence-electron chi connectivity index (χ1n) is 7.51. The van der Waals surface area contributed by atoms with E-state index in [1.165, 1.54) is 6.07 Å². The predicted molar refractivity (Wildman–Crippen MR) is 83.5 cm³/mol. The molecule has 3 aromatic rings. The topological polar surface area (TPSA) is 27.1 Å². The molecule has 0 radical (unpaired) electrons. The summed E-state index contributed by atoms with van der Waals surface area (Å²) in [4.78, 5) is 4.62. The van der Waals surface area contributed by atoms with Gasteiger partial charge in [0.05, 0.1) is 5.52 Å². The summed E-state index contributed by atoms with van der Waals surface area (Å²) in [7, 11) is 1.99. The zero-order chi connectivity index (χ0) is 15.3. The van der Waals surface area contributed by atoms with Crippen LogP contribution in [0.4, 0.5) is 4.39 Å². The van der Waals surface area contributed by atoms with E-state index in [1.54, 1.807) is 12.1 Å². The van der Waals surface area contributed by atoms with Crippen LogP contribution in [0.1, 0.15) is 29.5 Å². The molecule has 0 saturated carbocycles. The molecular weight excluding hydrogens is 279 g/mol. The second-order valence-electron chi connectivity index (χ2n) is 5.81. The van der Waals surface area contributed by atoms with Gasteiger partial charge in [0.25, 0.3) is 0 Å². The smallest absolute Gasteiger partial charge is 0.151 e. The van der Waals surface area contributed by atoms with Gasteiger partial charge in [0.1, 0.15) is 23.3 Å². The Morgan fingerprint density at radius 3 is 2.86 bits per heavy atom. The summed E-state index contributed by atoms with van der Waals surface area (Å²) >= 11 is 0. The van der Waals surface area contributed by atoms with E-state index in [2.05, 4.69) is 17.1 Å². The molecule has 0 spiro atoms. The first-order valence-corrected chi connectivity index (χ1v) is 7.51. The monoisotopic (exact) mass is 296 g/mol. The summed E-state index contributed by atoms with van der Waals surface area (Å²) in [5, 5.41) is 0. The number of nitrogens with zero attached hydrogens (tertiary/aromatic N) is 2. The van der Waals surface area contributed by atoms with Crippen molar-refractivity contribution in [3.8, 4) is 5.75 Å². The Morgan fingerprint density at radius 1 is 1.23 bits per heavy atom. The van der Waals surface area contributed by atoms with Crippen molar-refractivity contribution in [3.63, 3.8) is 0 Å². The lowest BCUT2D eigenvalue weighted by atomic mass is 9.96. The minimum absolute atomic E-state index is 0.208. The maximum Gasteiger partial charge on any atom is 0.151 e. The van der Waals surface area contributed by atoms with Crippen LogP contribution in [0, 0.1) is 12.7 Å². The lowest BCUT2D eigenvalue weighted by molar-refractivity contribution is 0.174. The molecule has 22 heavy (non-hydrogen) atoms. The average molecular weight is 296 g/mol. The number of fused-ring (bicyclic) bond motifs is 3. The van der Waals surface area contributed by atoms with E-state index < -0.39 is 0 Å². The van der Waals surface area contributed by atoms with Crippen molar-refractivity contribution >= 4 is 11.0 Å². The van der Waals surface area contributed by atoms with Crippen LogP contribution in [0.25, 0.3) is 11.0 Å². The number of hydrogen-bond acceptors (Lipinski definition) is 2. The fourth-order valence-corrected chi connectivity index (χ4v) is 3.16. The first kappa shape index (κ1) is 13.3. The second-order valence-corrected chi connectivity index (χ2v) is 5.81. The third-order valence-electron chi connectivity index (χ3n) is 4.50. The molecule has 0 amide bonds. The van der Waals surface area contributed by atoms with E-state index in [4.69, 9.17) is 4.74 Å². The normalized spacial score (nSPS) is 17.3. The van der Waals surface area contributed by atoms with E-state index in [9.17, 15) is 4.39 Å². The Bertz CT molecular complexity index is 869. The predicted octanol–water partition coefficient (Wildman–Crippen LogP) is 4.09. The minimum atomic E-state index is -0.249. The van der Waals surface area contributed by atoms with Crippen molar-refractivity contribution in [1.29, 1.82) is 0 Å². The van der Waals surface area contributed by atoms with Gasteiger partial charge in [-0.25, -0.2) is 9.37 Å². The third kappa shape index (κ3) is 1.90. The summed E-state index contributed by atoms with van der Waals surface area (Å²) in [6.07, 6.45) is 1.41. The number of aromatic nitrogens is 2. The van der Waals surface area contributed by atoms with Crippen LogP contribution in [0.5, 0.6) is 5.75 Å². The summed E-state index contributed by atoms with van der Waals surface area (Å²) in [6, 6.07) is 11.0. The van der Waals surface area contributed by atoms with Gasteiger partial charge in [-0.3, -0.25) is 0 Å². The molecule has 112 valence electrons. The quantitative estimate of drug-likeness (QED) is 0.676. The molecule has 3 nitrogen and oxygen atoms in total. The summed E-state index contributed by atoms with van der Waals surface area (Å²) < 4.78 is 22.2. The third-order valence-corrected chi connectivity index (χ3v) is 4.50. The molecule has 0 unspecified atom stereocenters. The largest absolute Gasteiger partial charge is 0.483 e. The average Bonchev–Trinajstić information content (AvgIpc) is 2.83. The highest BCUT2D eigenvalue weighted by Gasteiger charge is 2.26. The molecule has 0 bridgehead atoms. The van der Waals surface area contributed by atoms with E-state index in [0.29, 0.717) is 5.56 Å². The number of hydrogen-bond donors (Lipinski definition) is 0. The molecular formula is C18H17FN2O. The number of benzene rings is 2. The molecule has 4 rings (SSSR count). The molecule has 1 aromatic heterocycles. The van der Waals surface area contributed by atoms with Crippen LogP contribution in [0.15, 0.2) is 36.4 Å². The Hall–Kier alpha value is -2.36. The van der Waals surface area contributed by atoms with Crippen molar-refractivity contribution in [3.05, 3.63) is 59.2 Å². The van der Waals surface area contributed by atoms with E-state index >= 15 is 0 Å². The number of aryl methyl sites for hydroxylation is 3. The molecule has 0 fully saturated rings. The van der Waals surface area contributed by atoms with Gasteiger partial charge < -0.3 is 9.30 Å². The maximum atomic E-state index is 14.0. The number of imidazole rings is 1. The zero-order valence-corrected chi connectivity index (χ0v) is 12.6. The van der Waals surface area contributed by atoms with E-state index in [1.807, 2.05) is 24.6 Å². The van der Waals surface area contributed by atoms with Gasteiger partial charge in [-0.05, 0) is 37.5 Å². The Labute approximate surface area is 128 Å². The van der Waals surface area contributed by atoms with E-state index in [-0.39, 0.29) is 11.9 Å². The van der Waals surface area contributed by atoms with Gasteiger partial charge in [0, 0.05) is 12.6 Å². The van der Waals surface area contributed by atoms with Crippen LogP contribution in [0.3, 0.4) is 0 Å². The van der Waals surface area contributed by atoms with Crippen LogP contribution in [-0.2, 0) is 13.5 Å². The highest BCUT2D eigenvalue weighted by Crippen LogP contribution is 2.40. The lowest BCUT2D eigenvalue weighted by Crippen LogP contribution is -2.16. The van der Waals surface area contributed by atoms with E-state index in [0.717, 1.165) is 41.0 Å². The number of rotatable bonds is 1. The lowest BCUT2D eigenvalue weighted by Gasteiger charge is -2.26. The fraction of sp³-hybridized carbons (Fsp3) is 0.278. The van der Waals surface area contributed by atoms with Crippen molar-refractivity contribution < 1.29 is 9.13 Å². The van der Waals surface area contributed by atoms with Gasteiger partial charge >= 0.3 is 0 Å². The molecule has 2 aromatic carbocycles. The number of halogens is 1. The fourth-order valence-electron chi connectivity index (χ4n) is 3.16. The highest BCUT2D eigenvalue weighted by atomic mass is 19.1.